The smallest absolute Gasteiger partial charge is 0.150 e. The lowest BCUT2D eigenvalue weighted by molar-refractivity contribution is -0.117. The molecular weight excluding hydrogens is 282 g/mol. The van der Waals surface area contributed by atoms with Gasteiger partial charge in [-0.2, -0.15) is 0 Å². The maximum Gasteiger partial charge on any atom is 0.150 e. The molecule has 0 atom stereocenters. The summed E-state index contributed by atoms with van der Waals surface area (Å²) < 4.78 is 0. The van der Waals surface area contributed by atoms with E-state index in [-0.39, 0.29) is 5.78 Å². The Morgan fingerprint density at radius 2 is 1.52 bits per heavy atom. The Hall–Kier alpha value is -2.45. The Morgan fingerprint density at radius 1 is 0.783 bits per heavy atom. The van der Waals surface area contributed by atoms with Gasteiger partial charge < -0.3 is 5.32 Å². The molecule has 0 saturated heterocycles. The standard InChI is InChI=1S/C21H21NO/c23-21(16-22-13-12-17-6-2-1-3-7-17)15-18-10-11-19-8-4-5-9-20(19)14-18/h1-11,14,22H,12-13,15-16H2. The first-order valence-corrected chi connectivity index (χ1v) is 8.05. The highest BCUT2D eigenvalue weighted by molar-refractivity contribution is 5.86. The van der Waals surface area contributed by atoms with E-state index in [2.05, 4.69) is 41.7 Å². The molecule has 0 heterocycles. The molecule has 0 amide bonds. The fourth-order valence-corrected chi connectivity index (χ4v) is 2.74. The zero-order valence-corrected chi connectivity index (χ0v) is 13.2. The van der Waals surface area contributed by atoms with Crippen LogP contribution in [0.1, 0.15) is 11.1 Å². The van der Waals surface area contributed by atoms with Crippen molar-refractivity contribution in [2.24, 2.45) is 0 Å². The summed E-state index contributed by atoms with van der Waals surface area (Å²) >= 11 is 0. The van der Waals surface area contributed by atoms with Crippen LogP contribution in [0.15, 0.2) is 72.8 Å². The van der Waals surface area contributed by atoms with E-state index < -0.39 is 0 Å². The summed E-state index contributed by atoms with van der Waals surface area (Å²) in [7, 11) is 0. The highest BCUT2D eigenvalue weighted by Crippen LogP contribution is 2.16. The van der Waals surface area contributed by atoms with Crippen molar-refractivity contribution >= 4 is 16.6 Å². The van der Waals surface area contributed by atoms with Crippen LogP contribution in [0.2, 0.25) is 0 Å². The maximum atomic E-state index is 12.1. The second-order valence-corrected chi connectivity index (χ2v) is 5.81. The van der Waals surface area contributed by atoms with Crippen molar-refractivity contribution in [2.75, 3.05) is 13.1 Å². The number of hydrogen-bond acceptors (Lipinski definition) is 2. The summed E-state index contributed by atoms with van der Waals surface area (Å²) in [5.41, 5.74) is 2.38. The van der Waals surface area contributed by atoms with Crippen LogP contribution < -0.4 is 5.32 Å². The average Bonchev–Trinajstić information content (AvgIpc) is 2.59. The molecular formula is C21H21NO. The molecule has 0 radical (unpaired) electrons. The lowest BCUT2D eigenvalue weighted by atomic mass is 10.0. The van der Waals surface area contributed by atoms with Gasteiger partial charge in [-0.15, -0.1) is 0 Å². The number of nitrogens with one attached hydrogen (secondary N) is 1. The van der Waals surface area contributed by atoms with E-state index in [9.17, 15) is 4.79 Å². The third-order valence-electron chi connectivity index (χ3n) is 3.97. The van der Waals surface area contributed by atoms with E-state index in [1.165, 1.54) is 16.3 Å². The average molecular weight is 303 g/mol. The van der Waals surface area contributed by atoms with Crippen LogP contribution in [0.4, 0.5) is 0 Å². The zero-order chi connectivity index (χ0) is 15.9. The minimum Gasteiger partial charge on any atom is -0.310 e. The number of benzene rings is 3. The summed E-state index contributed by atoms with van der Waals surface area (Å²) in [6, 6.07) is 24.8. The van der Waals surface area contributed by atoms with E-state index in [1.54, 1.807) is 0 Å². The van der Waals surface area contributed by atoms with Crippen LogP contribution in [-0.2, 0) is 17.6 Å². The molecule has 3 aromatic rings. The highest BCUT2D eigenvalue weighted by Gasteiger charge is 2.04. The van der Waals surface area contributed by atoms with Crippen molar-refractivity contribution in [2.45, 2.75) is 12.8 Å². The highest BCUT2D eigenvalue weighted by atomic mass is 16.1. The third-order valence-corrected chi connectivity index (χ3v) is 3.97. The van der Waals surface area contributed by atoms with Crippen molar-refractivity contribution < 1.29 is 4.79 Å². The summed E-state index contributed by atoms with van der Waals surface area (Å²) in [5, 5.41) is 5.64. The number of Topliss-reactive ketones (excluding diaryl/α,β-unsaturated/α-hetero) is 1. The summed E-state index contributed by atoms with van der Waals surface area (Å²) in [6.45, 7) is 1.26. The Labute approximate surface area is 137 Å². The lowest BCUT2D eigenvalue weighted by Gasteiger charge is -2.06. The number of carbonyl (C=O) groups excluding carboxylic acids is 1. The molecule has 0 aromatic heterocycles. The first-order valence-electron chi connectivity index (χ1n) is 8.05. The van der Waals surface area contributed by atoms with Crippen LogP contribution in [0.3, 0.4) is 0 Å². The molecule has 0 aliphatic rings. The molecule has 3 aromatic carbocycles. The van der Waals surface area contributed by atoms with Crippen molar-refractivity contribution in [3.63, 3.8) is 0 Å². The van der Waals surface area contributed by atoms with Gasteiger partial charge in [0.25, 0.3) is 0 Å². The molecule has 116 valence electrons. The van der Waals surface area contributed by atoms with Crippen molar-refractivity contribution in [3.05, 3.63) is 83.9 Å². The predicted molar refractivity (Wildman–Crippen MR) is 95.7 cm³/mol. The van der Waals surface area contributed by atoms with E-state index in [1.807, 2.05) is 36.4 Å². The molecule has 0 saturated carbocycles. The van der Waals surface area contributed by atoms with E-state index in [4.69, 9.17) is 0 Å². The normalized spacial score (nSPS) is 10.8. The van der Waals surface area contributed by atoms with E-state index in [0.717, 1.165) is 18.5 Å². The Bertz CT molecular complexity index is 780. The molecule has 0 bridgehead atoms. The van der Waals surface area contributed by atoms with Gasteiger partial charge >= 0.3 is 0 Å². The minimum atomic E-state index is 0.230. The van der Waals surface area contributed by atoms with Gasteiger partial charge in [0, 0.05) is 6.42 Å². The molecule has 0 aliphatic carbocycles. The topological polar surface area (TPSA) is 29.1 Å². The molecule has 1 N–H and O–H groups in total. The van der Waals surface area contributed by atoms with Gasteiger partial charge in [-0.25, -0.2) is 0 Å². The lowest BCUT2D eigenvalue weighted by Crippen LogP contribution is -2.26. The summed E-state index contributed by atoms with van der Waals surface area (Å²) in [6.07, 6.45) is 1.44. The zero-order valence-electron chi connectivity index (χ0n) is 13.2. The van der Waals surface area contributed by atoms with Crippen LogP contribution in [0, 0.1) is 0 Å². The first kappa shape index (κ1) is 15.4. The molecule has 0 fully saturated rings. The molecule has 0 aliphatic heterocycles. The summed E-state index contributed by atoms with van der Waals surface area (Å²) in [4.78, 5) is 12.1. The Balaban J connectivity index is 1.46. The monoisotopic (exact) mass is 303 g/mol. The SMILES string of the molecule is O=C(CNCCc1ccccc1)Cc1ccc2ccccc2c1. The second kappa shape index (κ2) is 7.70. The molecule has 2 nitrogen and oxygen atoms in total. The molecule has 0 unspecified atom stereocenters. The van der Waals surface area contributed by atoms with Crippen LogP contribution in [0.25, 0.3) is 10.8 Å². The third kappa shape index (κ3) is 4.51. The molecule has 23 heavy (non-hydrogen) atoms. The predicted octanol–water partition coefficient (Wildman–Crippen LogP) is 3.78. The Morgan fingerprint density at radius 3 is 2.35 bits per heavy atom. The second-order valence-electron chi connectivity index (χ2n) is 5.81. The van der Waals surface area contributed by atoms with Gasteiger partial charge in [0.2, 0.25) is 0 Å². The van der Waals surface area contributed by atoms with Crippen molar-refractivity contribution in [1.82, 2.24) is 5.32 Å². The van der Waals surface area contributed by atoms with E-state index >= 15 is 0 Å². The van der Waals surface area contributed by atoms with Crippen LogP contribution in [-0.4, -0.2) is 18.9 Å². The van der Waals surface area contributed by atoms with Gasteiger partial charge in [-0.05, 0) is 34.9 Å². The Kier molecular flexibility index (Phi) is 5.17. The number of rotatable bonds is 7. The van der Waals surface area contributed by atoms with Crippen LogP contribution >= 0.6 is 0 Å². The number of ketones is 1. The molecule has 0 spiro atoms. The van der Waals surface area contributed by atoms with Gasteiger partial charge in [0.05, 0.1) is 6.54 Å². The number of fused-ring (bicyclic) bond motifs is 1. The fourth-order valence-electron chi connectivity index (χ4n) is 2.74. The molecule has 3 rings (SSSR count). The van der Waals surface area contributed by atoms with Gasteiger partial charge in [-0.3, -0.25) is 4.79 Å². The largest absolute Gasteiger partial charge is 0.310 e. The van der Waals surface area contributed by atoms with Gasteiger partial charge in [-0.1, -0.05) is 72.8 Å². The first-order chi connectivity index (χ1) is 11.3. The van der Waals surface area contributed by atoms with Crippen molar-refractivity contribution in [3.8, 4) is 0 Å². The van der Waals surface area contributed by atoms with Crippen molar-refractivity contribution in [1.29, 1.82) is 0 Å². The maximum absolute atomic E-state index is 12.1. The summed E-state index contributed by atoms with van der Waals surface area (Å²) in [5.74, 6) is 0.230. The van der Waals surface area contributed by atoms with Crippen LogP contribution in [0.5, 0.6) is 0 Å². The van der Waals surface area contributed by atoms with Gasteiger partial charge in [0.1, 0.15) is 0 Å². The number of carbonyl (C=O) groups is 1. The number of hydrogen-bond donors (Lipinski definition) is 1. The van der Waals surface area contributed by atoms with E-state index in [0.29, 0.717) is 13.0 Å². The van der Waals surface area contributed by atoms with Gasteiger partial charge in [0.15, 0.2) is 5.78 Å². The minimum absolute atomic E-state index is 0.230. The molecule has 2 heteroatoms. The fraction of sp³-hybridized carbons (Fsp3) is 0.190. The quantitative estimate of drug-likeness (QED) is 0.673.